The number of carbonyl (C=O) groups is 1. The summed E-state index contributed by atoms with van der Waals surface area (Å²) in [6, 6.07) is 8.46. The van der Waals surface area contributed by atoms with Crippen molar-refractivity contribution in [3.63, 3.8) is 0 Å². The topological polar surface area (TPSA) is 36.4 Å². The molecule has 4 nitrogen and oxygen atoms in total. The molecular weight excluding hydrogens is 381 g/mol. The van der Waals surface area contributed by atoms with Crippen LogP contribution >= 0.6 is 22.7 Å². The largest absolute Gasteiger partial charge is 0.340 e. The van der Waals surface area contributed by atoms with Crippen LogP contribution in [-0.4, -0.2) is 46.9 Å². The third-order valence-electron chi connectivity index (χ3n) is 4.69. The van der Waals surface area contributed by atoms with Gasteiger partial charge in [0.15, 0.2) is 0 Å². The molecule has 1 saturated heterocycles. The molecule has 1 amide bonds. The summed E-state index contributed by atoms with van der Waals surface area (Å²) in [5.74, 6) is -0.0257. The van der Waals surface area contributed by atoms with Crippen LogP contribution in [0.15, 0.2) is 46.5 Å². The summed E-state index contributed by atoms with van der Waals surface area (Å²) in [5, 5.41) is 7.02. The summed E-state index contributed by atoms with van der Waals surface area (Å²) < 4.78 is 13.1. The van der Waals surface area contributed by atoms with E-state index in [-0.39, 0.29) is 11.7 Å². The van der Waals surface area contributed by atoms with E-state index < -0.39 is 0 Å². The zero-order valence-electron chi connectivity index (χ0n) is 14.8. The Kier molecular flexibility index (Phi) is 5.61. The third kappa shape index (κ3) is 4.61. The average Bonchev–Trinajstić information content (AvgIpc) is 3.35. The molecule has 0 aliphatic carbocycles. The summed E-state index contributed by atoms with van der Waals surface area (Å²) in [6.07, 6.45) is 0.497. The quantitative estimate of drug-likeness (QED) is 0.651. The smallest absolute Gasteiger partial charge is 0.227 e. The fourth-order valence-electron chi connectivity index (χ4n) is 3.17. The number of rotatable bonds is 5. The molecule has 0 saturated carbocycles. The normalized spacial score (nSPS) is 15.2. The molecule has 0 atom stereocenters. The summed E-state index contributed by atoms with van der Waals surface area (Å²) in [7, 11) is 0. The molecule has 27 heavy (non-hydrogen) atoms. The number of nitrogens with zero attached hydrogens (tertiary/aromatic N) is 3. The second-order valence-corrected chi connectivity index (χ2v) is 8.25. The van der Waals surface area contributed by atoms with Gasteiger partial charge in [0.2, 0.25) is 5.91 Å². The second kappa shape index (κ2) is 8.29. The molecule has 0 N–H and O–H groups in total. The van der Waals surface area contributed by atoms with Crippen molar-refractivity contribution in [2.45, 2.75) is 13.0 Å². The number of aromatic nitrogens is 1. The minimum atomic E-state index is -0.234. The second-order valence-electron chi connectivity index (χ2n) is 6.62. The molecule has 1 aliphatic heterocycles. The maximum absolute atomic E-state index is 13.1. The van der Waals surface area contributed by atoms with Crippen LogP contribution < -0.4 is 0 Å². The Bertz CT molecular complexity index is 884. The van der Waals surface area contributed by atoms with Crippen LogP contribution in [0.1, 0.15) is 11.3 Å². The fraction of sp³-hybridized carbons (Fsp3) is 0.300. The molecule has 3 heterocycles. The van der Waals surface area contributed by atoms with E-state index in [4.69, 9.17) is 0 Å². The van der Waals surface area contributed by atoms with Crippen molar-refractivity contribution in [2.75, 3.05) is 26.2 Å². The molecule has 3 aromatic rings. The Labute approximate surface area is 165 Å². The van der Waals surface area contributed by atoms with Crippen LogP contribution in [0.2, 0.25) is 0 Å². The Hall–Kier alpha value is -2.09. The van der Waals surface area contributed by atoms with Gasteiger partial charge < -0.3 is 4.90 Å². The number of thiophene rings is 1. The highest BCUT2D eigenvalue weighted by atomic mass is 32.1. The van der Waals surface area contributed by atoms with Gasteiger partial charge in [-0.25, -0.2) is 9.37 Å². The molecule has 2 aromatic heterocycles. The first-order valence-electron chi connectivity index (χ1n) is 8.89. The summed E-state index contributed by atoms with van der Waals surface area (Å²) >= 11 is 3.21. The molecular formula is C20H20FN3OS2. The maximum atomic E-state index is 13.1. The predicted molar refractivity (Wildman–Crippen MR) is 107 cm³/mol. The maximum Gasteiger partial charge on any atom is 0.227 e. The third-order valence-corrected chi connectivity index (χ3v) is 6.36. The van der Waals surface area contributed by atoms with Crippen molar-refractivity contribution in [2.24, 2.45) is 0 Å². The van der Waals surface area contributed by atoms with E-state index in [1.165, 1.54) is 12.1 Å². The van der Waals surface area contributed by atoms with Crippen LogP contribution in [0.25, 0.3) is 10.6 Å². The van der Waals surface area contributed by atoms with Crippen molar-refractivity contribution in [1.29, 1.82) is 0 Å². The van der Waals surface area contributed by atoms with Crippen molar-refractivity contribution >= 4 is 28.6 Å². The van der Waals surface area contributed by atoms with E-state index in [9.17, 15) is 9.18 Å². The molecule has 0 unspecified atom stereocenters. The number of amides is 1. The van der Waals surface area contributed by atoms with Gasteiger partial charge in [-0.2, -0.15) is 11.3 Å². The minimum absolute atomic E-state index is 0.209. The zero-order chi connectivity index (χ0) is 18.6. The number of piperazine rings is 1. The standard InChI is InChI=1S/C20H20FN3OS2/c21-17-3-1-16(2-4-17)20-22-18(14-27-20)12-23-6-8-24(9-7-23)19(25)11-15-5-10-26-13-15/h1-5,10,13-14H,6-9,11-12H2. The van der Waals surface area contributed by atoms with Crippen molar-refractivity contribution in [1.82, 2.24) is 14.8 Å². The van der Waals surface area contributed by atoms with Gasteiger partial charge in [-0.15, -0.1) is 11.3 Å². The summed E-state index contributed by atoms with van der Waals surface area (Å²) in [5.41, 5.74) is 3.07. The first-order valence-corrected chi connectivity index (χ1v) is 10.7. The number of hydrogen-bond acceptors (Lipinski definition) is 5. The van der Waals surface area contributed by atoms with Gasteiger partial charge in [-0.05, 0) is 46.7 Å². The number of carbonyl (C=O) groups excluding carboxylic acids is 1. The lowest BCUT2D eigenvalue weighted by Crippen LogP contribution is -2.48. The molecule has 140 valence electrons. The van der Waals surface area contributed by atoms with Gasteiger partial charge in [-0.1, -0.05) is 0 Å². The van der Waals surface area contributed by atoms with E-state index >= 15 is 0 Å². The molecule has 1 aliphatic rings. The van der Waals surface area contributed by atoms with E-state index in [0.29, 0.717) is 6.42 Å². The number of benzene rings is 1. The molecule has 0 radical (unpaired) electrons. The highest BCUT2D eigenvalue weighted by Crippen LogP contribution is 2.24. The van der Waals surface area contributed by atoms with Gasteiger partial charge in [-0.3, -0.25) is 9.69 Å². The highest BCUT2D eigenvalue weighted by Gasteiger charge is 2.22. The first kappa shape index (κ1) is 18.3. The van der Waals surface area contributed by atoms with Crippen molar-refractivity contribution < 1.29 is 9.18 Å². The number of thiazole rings is 1. The molecule has 7 heteroatoms. The van der Waals surface area contributed by atoms with Gasteiger partial charge in [0.25, 0.3) is 0 Å². The average molecular weight is 402 g/mol. The van der Waals surface area contributed by atoms with Crippen LogP contribution in [0.3, 0.4) is 0 Å². The van der Waals surface area contributed by atoms with Crippen LogP contribution in [0.4, 0.5) is 4.39 Å². The lowest BCUT2D eigenvalue weighted by Gasteiger charge is -2.34. The predicted octanol–water partition coefficient (Wildman–Crippen LogP) is 3.90. The van der Waals surface area contributed by atoms with Crippen LogP contribution in [-0.2, 0) is 17.8 Å². The summed E-state index contributed by atoms with van der Waals surface area (Å²) in [4.78, 5) is 21.4. The van der Waals surface area contributed by atoms with E-state index in [0.717, 1.165) is 54.6 Å². The molecule has 1 fully saturated rings. The minimum Gasteiger partial charge on any atom is -0.340 e. The Morgan fingerprint density at radius 1 is 1.07 bits per heavy atom. The monoisotopic (exact) mass is 401 g/mol. The van der Waals surface area contributed by atoms with Gasteiger partial charge in [0.05, 0.1) is 12.1 Å². The van der Waals surface area contributed by atoms with E-state index in [1.54, 1.807) is 34.8 Å². The first-order chi connectivity index (χ1) is 13.2. The summed E-state index contributed by atoms with van der Waals surface area (Å²) in [6.45, 7) is 4.03. The number of halogens is 1. The Balaban J connectivity index is 1.29. The lowest BCUT2D eigenvalue weighted by atomic mass is 10.2. The fourth-order valence-corrected chi connectivity index (χ4v) is 4.65. The molecule has 4 rings (SSSR count). The molecule has 0 bridgehead atoms. The Morgan fingerprint density at radius 3 is 2.56 bits per heavy atom. The Morgan fingerprint density at radius 2 is 1.85 bits per heavy atom. The van der Waals surface area contributed by atoms with Gasteiger partial charge >= 0.3 is 0 Å². The molecule has 1 aromatic carbocycles. The zero-order valence-corrected chi connectivity index (χ0v) is 16.4. The molecule has 0 spiro atoms. The van der Waals surface area contributed by atoms with Gasteiger partial charge in [0, 0.05) is 43.7 Å². The van der Waals surface area contributed by atoms with E-state index in [1.807, 2.05) is 21.7 Å². The highest BCUT2D eigenvalue weighted by molar-refractivity contribution is 7.13. The van der Waals surface area contributed by atoms with Crippen LogP contribution in [0.5, 0.6) is 0 Å². The van der Waals surface area contributed by atoms with Crippen LogP contribution in [0, 0.1) is 5.82 Å². The van der Waals surface area contributed by atoms with Crippen molar-refractivity contribution in [3.05, 3.63) is 63.5 Å². The lowest BCUT2D eigenvalue weighted by molar-refractivity contribution is -0.132. The van der Waals surface area contributed by atoms with E-state index in [2.05, 4.69) is 15.3 Å². The SMILES string of the molecule is O=C(Cc1ccsc1)N1CCN(Cc2csc(-c3ccc(F)cc3)n2)CC1. The van der Waals surface area contributed by atoms with Gasteiger partial charge in [0.1, 0.15) is 10.8 Å². The van der Waals surface area contributed by atoms with Crippen molar-refractivity contribution in [3.8, 4) is 10.6 Å². The number of hydrogen-bond donors (Lipinski definition) is 0.